The molecule has 184 valence electrons. The SMILES string of the molecule is CN(C)CC=CC(=O)N(C)c1cccc(-n2c(=O)n(-c3ccc(C(N)=O)cc3)c3c(N)ncnc32)c1. The quantitative estimate of drug-likeness (QED) is 0.375. The number of anilines is 2. The minimum Gasteiger partial charge on any atom is -0.382 e. The van der Waals surface area contributed by atoms with E-state index in [0.717, 1.165) is 0 Å². The lowest BCUT2D eigenvalue weighted by atomic mass is 10.2. The summed E-state index contributed by atoms with van der Waals surface area (Å²) in [5, 5.41) is 0. The summed E-state index contributed by atoms with van der Waals surface area (Å²) in [7, 11) is 5.49. The van der Waals surface area contributed by atoms with Crippen molar-refractivity contribution in [2.75, 3.05) is 38.3 Å². The number of hydrogen-bond donors (Lipinski definition) is 2. The van der Waals surface area contributed by atoms with E-state index >= 15 is 0 Å². The van der Waals surface area contributed by atoms with Gasteiger partial charge in [0.05, 0.1) is 11.4 Å². The van der Waals surface area contributed by atoms with Crippen LogP contribution < -0.4 is 22.1 Å². The minimum absolute atomic E-state index is 0.115. The average Bonchev–Trinajstić information content (AvgIpc) is 3.16. The first-order valence-corrected chi connectivity index (χ1v) is 11.0. The standard InChI is InChI=1S/C25H26N8O3/c1-30(2)13-5-8-20(34)31(3)18-6-4-7-19(14-18)33-24-21(22(26)28-15-29-24)32(25(33)36)17-11-9-16(10-12-17)23(27)35/h4-12,14-15H,13H2,1-3H3,(H2,27,35)(H2,26,28,29). The third-order valence-corrected chi connectivity index (χ3v) is 5.60. The number of likely N-dealkylation sites (N-methyl/N-ethyl adjacent to an activating group) is 2. The fraction of sp³-hybridized carbons (Fsp3) is 0.160. The van der Waals surface area contributed by atoms with Gasteiger partial charge < -0.3 is 21.3 Å². The largest absolute Gasteiger partial charge is 0.382 e. The first-order valence-electron chi connectivity index (χ1n) is 11.0. The summed E-state index contributed by atoms with van der Waals surface area (Å²) in [5.74, 6) is -0.666. The molecule has 0 saturated carbocycles. The van der Waals surface area contributed by atoms with E-state index in [0.29, 0.717) is 40.3 Å². The molecule has 0 radical (unpaired) electrons. The van der Waals surface area contributed by atoms with Crippen LogP contribution in [0.5, 0.6) is 0 Å². The first kappa shape index (κ1) is 24.4. The van der Waals surface area contributed by atoms with Crippen molar-refractivity contribution in [1.29, 1.82) is 0 Å². The molecule has 0 fully saturated rings. The molecule has 4 N–H and O–H groups in total. The molecule has 11 heteroatoms. The van der Waals surface area contributed by atoms with Crippen molar-refractivity contribution in [2.24, 2.45) is 5.73 Å². The maximum Gasteiger partial charge on any atom is 0.339 e. The van der Waals surface area contributed by atoms with E-state index in [-0.39, 0.29) is 11.7 Å². The van der Waals surface area contributed by atoms with Crippen molar-refractivity contribution in [3.05, 3.63) is 83.1 Å². The lowest BCUT2D eigenvalue weighted by Gasteiger charge is -2.16. The molecule has 2 heterocycles. The highest BCUT2D eigenvalue weighted by Crippen LogP contribution is 2.25. The molecule has 2 aromatic heterocycles. The van der Waals surface area contributed by atoms with E-state index in [1.807, 2.05) is 19.0 Å². The van der Waals surface area contributed by atoms with E-state index < -0.39 is 11.6 Å². The smallest absolute Gasteiger partial charge is 0.339 e. The molecule has 0 unspecified atom stereocenters. The maximum atomic E-state index is 13.7. The van der Waals surface area contributed by atoms with Gasteiger partial charge in [-0.3, -0.25) is 14.2 Å². The molecule has 11 nitrogen and oxygen atoms in total. The zero-order valence-electron chi connectivity index (χ0n) is 20.1. The van der Waals surface area contributed by atoms with E-state index in [1.165, 1.54) is 38.6 Å². The Morgan fingerprint density at radius 3 is 2.39 bits per heavy atom. The summed E-state index contributed by atoms with van der Waals surface area (Å²) in [6, 6.07) is 13.2. The first-order chi connectivity index (χ1) is 17.2. The zero-order valence-corrected chi connectivity index (χ0v) is 20.1. The molecule has 0 atom stereocenters. The fourth-order valence-electron chi connectivity index (χ4n) is 3.74. The monoisotopic (exact) mass is 486 g/mol. The number of aromatic nitrogens is 4. The zero-order chi connectivity index (χ0) is 26.0. The average molecular weight is 487 g/mol. The van der Waals surface area contributed by atoms with Gasteiger partial charge in [0.2, 0.25) is 11.8 Å². The Kier molecular flexibility index (Phi) is 6.66. The molecule has 2 amide bonds. The van der Waals surface area contributed by atoms with Gasteiger partial charge in [0.25, 0.3) is 0 Å². The highest BCUT2D eigenvalue weighted by Gasteiger charge is 2.21. The van der Waals surface area contributed by atoms with E-state index in [4.69, 9.17) is 11.5 Å². The van der Waals surface area contributed by atoms with Crippen LogP contribution in [0.1, 0.15) is 10.4 Å². The van der Waals surface area contributed by atoms with Crippen LogP contribution in [0, 0.1) is 0 Å². The van der Waals surface area contributed by atoms with E-state index in [9.17, 15) is 14.4 Å². The highest BCUT2D eigenvalue weighted by molar-refractivity contribution is 6.01. The highest BCUT2D eigenvalue weighted by atomic mass is 16.2. The van der Waals surface area contributed by atoms with Crippen LogP contribution in [0.2, 0.25) is 0 Å². The van der Waals surface area contributed by atoms with Crippen LogP contribution >= 0.6 is 0 Å². The number of nitrogens with zero attached hydrogens (tertiary/aromatic N) is 6. The van der Waals surface area contributed by atoms with Gasteiger partial charge in [-0.1, -0.05) is 12.1 Å². The Labute approximate surface area is 206 Å². The van der Waals surface area contributed by atoms with Gasteiger partial charge in [-0.2, -0.15) is 0 Å². The number of fused-ring (bicyclic) bond motifs is 1. The van der Waals surface area contributed by atoms with E-state index in [2.05, 4.69) is 9.97 Å². The van der Waals surface area contributed by atoms with E-state index in [1.54, 1.807) is 49.5 Å². The summed E-state index contributed by atoms with van der Waals surface area (Å²) in [4.78, 5) is 49.6. The second kappa shape index (κ2) is 9.84. The van der Waals surface area contributed by atoms with Gasteiger partial charge in [0.1, 0.15) is 11.8 Å². The Morgan fingerprint density at radius 2 is 1.72 bits per heavy atom. The van der Waals surface area contributed by atoms with Gasteiger partial charge in [-0.15, -0.1) is 0 Å². The minimum atomic E-state index is -0.578. The summed E-state index contributed by atoms with van der Waals surface area (Å²) in [6.45, 7) is 0.635. The third-order valence-electron chi connectivity index (χ3n) is 5.60. The molecule has 0 aliphatic rings. The predicted molar refractivity (Wildman–Crippen MR) is 138 cm³/mol. The Balaban J connectivity index is 1.82. The van der Waals surface area contributed by atoms with Crippen molar-refractivity contribution in [3.63, 3.8) is 0 Å². The molecular formula is C25H26N8O3. The van der Waals surface area contributed by atoms with Gasteiger partial charge in [0, 0.05) is 30.9 Å². The summed E-state index contributed by atoms with van der Waals surface area (Å²) in [6.07, 6.45) is 4.57. The number of carbonyl (C=O) groups is 2. The molecule has 2 aromatic carbocycles. The molecule has 4 aromatic rings. The van der Waals surface area contributed by atoms with Gasteiger partial charge in [-0.25, -0.2) is 19.3 Å². The molecule has 0 aliphatic carbocycles. The van der Waals surface area contributed by atoms with Crippen LogP contribution in [-0.4, -0.2) is 63.5 Å². The number of nitrogen functional groups attached to an aromatic ring is 1. The Hall–Kier alpha value is -4.77. The Bertz CT molecular complexity index is 1530. The second-order valence-corrected chi connectivity index (χ2v) is 8.38. The van der Waals surface area contributed by atoms with Crippen molar-refractivity contribution >= 4 is 34.5 Å². The van der Waals surface area contributed by atoms with Crippen molar-refractivity contribution in [3.8, 4) is 11.4 Å². The van der Waals surface area contributed by atoms with Crippen LogP contribution in [0.4, 0.5) is 11.5 Å². The van der Waals surface area contributed by atoms with Crippen molar-refractivity contribution in [1.82, 2.24) is 24.0 Å². The molecule has 0 bridgehead atoms. The Morgan fingerprint density at radius 1 is 1.00 bits per heavy atom. The lowest BCUT2D eigenvalue weighted by molar-refractivity contribution is -0.113. The van der Waals surface area contributed by atoms with Gasteiger partial charge in [-0.05, 0) is 56.6 Å². The number of benzene rings is 2. The number of nitrogens with two attached hydrogens (primary N) is 2. The van der Waals surface area contributed by atoms with Crippen LogP contribution in [-0.2, 0) is 4.79 Å². The second-order valence-electron chi connectivity index (χ2n) is 8.38. The van der Waals surface area contributed by atoms with Crippen LogP contribution in [0.25, 0.3) is 22.5 Å². The molecule has 0 spiro atoms. The number of primary amides is 1. The normalized spacial score (nSPS) is 11.4. The third kappa shape index (κ3) is 4.59. The molecule has 0 aliphatic heterocycles. The number of rotatable bonds is 7. The van der Waals surface area contributed by atoms with Gasteiger partial charge >= 0.3 is 5.69 Å². The number of imidazole rings is 1. The number of carbonyl (C=O) groups excluding carboxylic acids is 2. The fourth-order valence-corrected chi connectivity index (χ4v) is 3.74. The van der Waals surface area contributed by atoms with Crippen LogP contribution in [0.15, 0.2) is 71.8 Å². The lowest BCUT2D eigenvalue weighted by Crippen LogP contribution is -2.25. The molecule has 36 heavy (non-hydrogen) atoms. The number of hydrogen-bond acceptors (Lipinski definition) is 7. The van der Waals surface area contributed by atoms with Gasteiger partial charge in [0.15, 0.2) is 11.5 Å². The summed E-state index contributed by atoms with van der Waals surface area (Å²) in [5.41, 5.74) is 13.5. The van der Waals surface area contributed by atoms with Crippen LogP contribution in [0.3, 0.4) is 0 Å². The summed E-state index contributed by atoms with van der Waals surface area (Å²) < 4.78 is 2.78. The summed E-state index contributed by atoms with van der Waals surface area (Å²) >= 11 is 0. The predicted octanol–water partition coefficient (Wildman–Crippen LogP) is 1.33. The molecular weight excluding hydrogens is 460 g/mol. The van der Waals surface area contributed by atoms with Crippen molar-refractivity contribution < 1.29 is 9.59 Å². The molecule has 0 saturated heterocycles. The van der Waals surface area contributed by atoms with Crippen molar-refractivity contribution in [2.45, 2.75) is 0 Å². The molecule has 4 rings (SSSR count). The number of amides is 2. The maximum absolute atomic E-state index is 13.7. The topological polar surface area (TPSA) is 145 Å².